The molecule has 0 atom stereocenters. The number of rotatable bonds is 3. The highest BCUT2D eigenvalue weighted by Gasteiger charge is 2.31. The Bertz CT molecular complexity index is 570. The fraction of sp³-hybridized carbons (Fsp3) is 0.182. The first-order chi connectivity index (χ1) is 9.38. The molecule has 2 rings (SSSR count). The third-order valence-electron chi connectivity index (χ3n) is 2.47. The number of nitrogens with two attached hydrogens (primary N) is 1. The zero-order chi connectivity index (χ0) is 14.9. The van der Waals surface area contributed by atoms with E-state index in [4.69, 9.17) is 28.9 Å². The maximum atomic E-state index is 11.8. The normalized spacial score (nSPS) is 14.8. The molecule has 6 nitrogen and oxygen atoms in total. The van der Waals surface area contributed by atoms with Crippen LogP contribution in [0.2, 0.25) is 10.0 Å². The Kier molecular flexibility index (Phi) is 4.42. The van der Waals surface area contributed by atoms with Crippen molar-refractivity contribution in [3.8, 4) is 0 Å². The van der Waals surface area contributed by atoms with Crippen LogP contribution >= 0.6 is 35.0 Å². The van der Waals surface area contributed by atoms with E-state index in [1.54, 1.807) is 0 Å². The molecule has 0 aliphatic carbocycles. The molecule has 1 aliphatic heterocycles. The lowest BCUT2D eigenvalue weighted by atomic mass is 10.2. The lowest BCUT2D eigenvalue weighted by Gasteiger charge is -2.14. The van der Waals surface area contributed by atoms with E-state index in [-0.39, 0.29) is 28.0 Å². The van der Waals surface area contributed by atoms with E-state index in [0.717, 1.165) is 16.7 Å². The van der Waals surface area contributed by atoms with Crippen LogP contribution in [-0.4, -0.2) is 34.3 Å². The first-order valence-corrected chi connectivity index (χ1v) is 7.14. The summed E-state index contributed by atoms with van der Waals surface area (Å²) < 4.78 is 0. The van der Waals surface area contributed by atoms with Crippen molar-refractivity contribution in [2.45, 2.75) is 0 Å². The van der Waals surface area contributed by atoms with E-state index >= 15 is 0 Å². The Morgan fingerprint density at radius 1 is 1.35 bits per heavy atom. The van der Waals surface area contributed by atoms with Crippen LogP contribution in [0.25, 0.3) is 0 Å². The fourth-order valence-electron chi connectivity index (χ4n) is 1.57. The number of imide groups is 1. The zero-order valence-electron chi connectivity index (χ0n) is 9.98. The van der Waals surface area contributed by atoms with Gasteiger partial charge >= 0.3 is 0 Å². The monoisotopic (exact) mass is 333 g/mol. The number of carbonyl (C=O) groups is 3. The lowest BCUT2D eigenvalue weighted by Crippen LogP contribution is -2.36. The maximum absolute atomic E-state index is 11.8. The van der Waals surface area contributed by atoms with Crippen molar-refractivity contribution in [3.05, 3.63) is 22.2 Å². The number of hydrogen-bond donors (Lipinski definition) is 2. The number of halogens is 2. The van der Waals surface area contributed by atoms with Crippen LogP contribution in [0.3, 0.4) is 0 Å². The van der Waals surface area contributed by atoms with Crippen LogP contribution in [0.4, 0.5) is 16.2 Å². The number of thioether (sulfide) groups is 1. The highest BCUT2D eigenvalue weighted by molar-refractivity contribution is 8.14. The number of benzene rings is 1. The van der Waals surface area contributed by atoms with Crippen molar-refractivity contribution < 1.29 is 14.4 Å². The molecule has 1 aliphatic rings. The number of nitrogens with zero attached hydrogens (tertiary/aromatic N) is 1. The molecule has 1 saturated heterocycles. The van der Waals surface area contributed by atoms with Gasteiger partial charge in [0.15, 0.2) is 0 Å². The van der Waals surface area contributed by atoms with Gasteiger partial charge in [0.05, 0.1) is 21.5 Å². The quantitative estimate of drug-likeness (QED) is 0.827. The topological polar surface area (TPSA) is 92.5 Å². The Balaban J connectivity index is 2.09. The number of nitrogens with one attached hydrogen (secondary N) is 1. The second-order valence-electron chi connectivity index (χ2n) is 3.94. The number of nitrogen functional groups attached to an aromatic ring is 1. The van der Waals surface area contributed by atoms with E-state index in [1.165, 1.54) is 12.1 Å². The van der Waals surface area contributed by atoms with E-state index in [1.807, 2.05) is 0 Å². The molecule has 0 spiro atoms. The molecule has 0 saturated carbocycles. The van der Waals surface area contributed by atoms with E-state index < -0.39 is 17.1 Å². The summed E-state index contributed by atoms with van der Waals surface area (Å²) in [7, 11) is 0. The van der Waals surface area contributed by atoms with Gasteiger partial charge in [0.25, 0.3) is 5.24 Å². The molecule has 3 N–H and O–H groups in total. The van der Waals surface area contributed by atoms with Crippen molar-refractivity contribution in [2.24, 2.45) is 0 Å². The Morgan fingerprint density at radius 2 is 1.95 bits per heavy atom. The van der Waals surface area contributed by atoms with Crippen LogP contribution in [-0.2, 0) is 9.59 Å². The molecular weight excluding hydrogens is 325 g/mol. The minimum absolute atomic E-state index is 0.0511. The summed E-state index contributed by atoms with van der Waals surface area (Å²) in [5.41, 5.74) is 6.10. The third-order valence-corrected chi connectivity index (χ3v) is 3.93. The third kappa shape index (κ3) is 3.17. The largest absolute Gasteiger partial charge is 0.399 e. The van der Waals surface area contributed by atoms with E-state index in [2.05, 4.69) is 5.32 Å². The van der Waals surface area contributed by atoms with Gasteiger partial charge in [-0.2, -0.15) is 0 Å². The molecule has 20 heavy (non-hydrogen) atoms. The molecule has 0 unspecified atom stereocenters. The maximum Gasteiger partial charge on any atom is 0.289 e. The molecule has 0 radical (unpaired) electrons. The summed E-state index contributed by atoms with van der Waals surface area (Å²) in [6, 6.07) is 2.87. The van der Waals surface area contributed by atoms with Crippen LogP contribution in [0.1, 0.15) is 0 Å². The Hall–Kier alpha value is -1.44. The summed E-state index contributed by atoms with van der Waals surface area (Å²) in [5, 5.41) is 2.37. The molecule has 1 aromatic carbocycles. The number of anilines is 2. The van der Waals surface area contributed by atoms with Gasteiger partial charge in [-0.3, -0.25) is 19.3 Å². The number of carbonyl (C=O) groups excluding carboxylic acids is 3. The zero-order valence-corrected chi connectivity index (χ0v) is 12.3. The first kappa shape index (κ1) is 15.0. The van der Waals surface area contributed by atoms with Crippen LogP contribution in [0.15, 0.2) is 12.1 Å². The second kappa shape index (κ2) is 5.90. The average molecular weight is 334 g/mol. The summed E-state index contributed by atoms with van der Waals surface area (Å²) in [4.78, 5) is 35.5. The van der Waals surface area contributed by atoms with Crippen molar-refractivity contribution in [1.82, 2.24) is 4.90 Å². The van der Waals surface area contributed by atoms with Gasteiger partial charge in [0.1, 0.15) is 6.54 Å². The summed E-state index contributed by atoms with van der Waals surface area (Å²) in [5.74, 6) is -0.914. The smallest absolute Gasteiger partial charge is 0.289 e. The van der Waals surface area contributed by atoms with Gasteiger partial charge in [-0.05, 0) is 12.1 Å². The van der Waals surface area contributed by atoms with Crippen LogP contribution in [0, 0.1) is 0 Å². The van der Waals surface area contributed by atoms with E-state index in [9.17, 15) is 14.4 Å². The number of amides is 3. The molecule has 1 aromatic rings. The van der Waals surface area contributed by atoms with Gasteiger partial charge in [0.2, 0.25) is 11.8 Å². The van der Waals surface area contributed by atoms with E-state index in [0.29, 0.717) is 5.69 Å². The van der Waals surface area contributed by atoms with Gasteiger partial charge in [-0.15, -0.1) is 0 Å². The number of hydrogen-bond acceptors (Lipinski definition) is 5. The van der Waals surface area contributed by atoms with Gasteiger partial charge in [0, 0.05) is 5.69 Å². The molecule has 1 fully saturated rings. The standard InChI is InChI=1S/C11H9Cl2N3O3S/c12-6-1-5(14)2-7(13)10(6)15-8(17)3-16-9(18)4-20-11(16)19/h1-2H,3-4,14H2,(H,15,17). The fourth-order valence-corrected chi connectivity index (χ4v) is 2.89. The minimum Gasteiger partial charge on any atom is -0.399 e. The predicted octanol–water partition coefficient (Wildman–Crippen LogP) is 2.21. The van der Waals surface area contributed by atoms with Crippen LogP contribution < -0.4 is 11.1 Å². The van der Waals surface area contributed by atoms with Crippen molar-refractivity contribution in [2.75, 3.05) is 23.3 Å². The summed E-state index contributed by atoms with van der Waals surface area (Å²) in [6.07, 6.45) is 0. The van der Waals surface area contributed by atoms with Crippen molar-refractivity contribution in [3.63, 3.8) is 0 Å². The molecule has 9 heteroatoms. The second-order valence-corrected chi connectivity index (χ2v) is 5.68. The molecule has 3 amide bonds. The molecular formula is C11H9Cl2N3O3S. The van der Waals surface area contributed by atoms with Gasteiger partial charge in [-0.1, -0.05) is 35.0 Å². The molecule has 0 aromatic heterocycles. The molecule has 0 bridgehead atoms. The molecule has 1 heterocycles. The predicted molar refractivity (Wildman–Crippen MR) is 79.1 cm³/mol. The van der Waals surface area contributed by atoms with Crippen molar-refractivity contribution >= 4 is 63.4 Å². The summed E-state index contributed by atoms with van der Waals surface area (Å²) >= 11 is 12.7. The molecule has 106 valence electrons. The van der Waals surface area contributed by atoms with Crippen molar-refractivity contribution in [1.29, 1.82) is 0 Å². The average Bonchev–Trinajstić information content (AvgIpc) is 2.65. The Labute approximate surface area is 128 Å². The first-order valence-electron chi connectivity index (χ1n) is 5.40. The minimum atomic E-state index is -0.567. The SMILES string of the molecule is Nc1cc(Cl)c(NC(=O)CN2C(=O)CSC2=O)c(Cl)c1. The lowest BCUT2D eigenvalue weighted by molar-refractivity contribution is -0.128. The van der Waals surface area contributed by atoms with Gasteiger partial charge in [-0.25, -0.2) is 0 Å². The van der Waals surface area contributed by atoms with Crippen LogP contribution in [0.5, 0.6) is 0 Å². The van der Waals surface area contributed by atoms with Gasteiger partial charge < -0.3 is 11.1 Å². The highest BCUT2D eigenvalue weighted by Crippen LogP contribution is 2.32. The highest BCUT2D eigenvalue weighted by atomic mass is 35.5. The Morgan fingerprint density at radius 3 is 2.45 bits per heavy atom. The summed E-state index contributed by atoms with van der Waals surface area (Å²) in [6.45, 7) is -0.373.